The first-order valence-electron chi connectivity index (χ1n) is 9.58. The van der Waals surface area contributed by atoms with Crippen LogP contribution in [0.4, 0.5) is 23.2 Å². The number of aryl methyl sites for hydroxylation is 1. The Morgan fingerprint density at radius 3 is 2.78 bits per heavy atom. The molecule has 0 atom stereocenters. The average molecular weight is 470 g/mol. The van der Waals surface area contributed by atoms with Crippen molar-refractivity contribution in [2.24, 2.45) is 0 Å². The molecule has 3 heterocycles. The maximum Gasteiger partial charge on any atom is 0.420 e. The number of fused-ring (bicyclic) bond motifs is 1. The highest BCUT2D eigenvalue weighted by Gasteiger charge is 2.36. The molecule has 0 spiro atoms. The van der Waals surface area contributed by atoms with Gasteiger partial charge in [-0.05, 0) is 24.6 Å². The Labute approximate surface area is 184 Å². The van der Waals surface area contributed by atoms with Crippen molar-refractivity contribution in [2.75, 3.05) is 11.4 Å². The smallest absolute Gasteiger partial charge is 0.420 e. The molecular weight excluding hydrogens is 454 g/mol. The summed E-state index contributed by atoms with van der Waals surface area (Å²) in [5, 5.41) is 5.99. The minimum atomic E-state index is -4.81. The predicted molar refractivity (Wildman–Crippen MR) is 108 cm³/mol. The van der Waals surface area contributed by atoms with E-state index in [1.165, 1.54) is 6.20 Å². The van der Waals surface area contributed by atoms with Gasteiger partial charge in [-0.15, -0.1) is 0 Å². The van der Waals surface area contributed by atoms with Crippen molar-refractivity contribution in [1.29, 1.82) is 0 Å². The van der Waals surface area contributed by atoms with Crippen molar-refractivity contribution in [3.05, 3.63) is 68.2 Å². The van der Waals surface area contributed by atoms with Gasteiger partial charge in [0.15, 0.2) is 0 Å². The predicted octanol–water partition coefficient (Wildman–Crippen LogP) is 4.29. The van der Waals surface area contributed by atoms with Gasteiger partial charge in [0.2, 0.25) is 5.88 Å². The van der Waals surface area contributed by atoms with E-state index in [1.54, 1.807) is 11.8 Å². The lowest BCUT2D eigenvalue weighted by molar-refractivity contribution is -0.138. The number of rotatable bonds is 4. The molecule has 1 aliphatic heterocycles. The number of aromatic nitrogens is 4. The zero-order chi connectivity index (χ0) is 23.0. The molecule has 0 amide bonds. The SMILES string of the molecule is CCc1nc2c(c(Oc3ccc(F)cc3C(F)(F)F)n1)CCN(c1cn[nH]c(=O)c1Cl)C2. The molecule has 7 nitrogen and oxygen atoms in total. The first-order valence-corrected chi connectivity index (χ1v) is 9.96. The van der Waals surface area contributed by atoms with Crippen molar-refractivity contribution in [1.82, 2.24) is 20.2 Å². The number of halogens is 5. The van der Waals surface area contributed by atoms with Gasteiger partial charge >= 0.3 is 6.18 Å². The van der Waals surface area contributed by atoms with Crippen LogP contribution < -0.4 is 15.2 Å². The highest BCUT2D eigenvalue weighted by molar-refractivity contribution is 6.33. The zero-order valence-corrected chi connectivity index (χ0v) is 17.4. The van der Waals surface area contributed by atoms with Gasteiger partial charge in [0.1, 0.15) is 28.0 Å². The number of H-pyrrole nitrogens is 1. The number of alkyl halides is 3. The lowest BCUT2D eigenvalue weighted by atomic mass is 10.1. The van der Waals surface area contributed by atoms with Crippen LogP contribution >= 0.6 is 11.6 Å². The Hall–Kier alpha value is -3.21. The second kappa shape index (κ2) is 8.38. The van der Waals surface area contributed by atoms with E-state index in [1.807, 2.05) is 0 Å². The quantitative estimate of drug-likeness (QED) is 0.574. The first kappa shape index (κ1) is 22.0. The van der Waals surface area contributed by atoms with Crippen LogP contribution in [0, 0.1) is 5.82 Å². The van der Waals surface area contributed by atoms with E-state index < -0.39 is 28.9 Å². The van der Waals surface area contributed by atoms with Gasteiger partial charge in [-0.25, -0.2) is 14.5 Å². The molecule has 32 heavy (non-hydrogen) atoms. The number of hydrogen-bond donors (Lipinski definition) is 1. The third-order valence-electron chi connectivity index (χ3n) is 4.96. The molecule has 1 aromatic carbocycles. The molecule has 0 unspecified atom stereocenters. The normalized spacial score (nSPS) is 13.8. The number of nitrogens with zero attached hydrogens (tertiary/aromatic N) is 4. The van der Waals surface area contributed by atoms with E-state index in [0.29, 0.717) is 48.2 Å². The molecule has 0 aliphatic carbocycles. The maximum absolute atomic E-state index is 13.4. The fourth-order valence-electron chi connectivity index (χ4n) is 3.40. The molecule has 1 aliphatic rings. The van der Waals surface area contributed by atoms with Crippen LogP contribution in [-0.2, 0) is 25.6 Å². The summed E-state index contributed by atoms with van der Waals surface area (Å²) in [6, 6.07) is 2.20. The molecule has 0 saturated heterocycles. The topological polar surface area (TPSA) is 84.0 Å². The number of ether oxygens (including phenoxy) is 1. The molecular formula is C20H16ClF4N5O2. The number of nitrogens with one attached hydrogen (secondary N) is 1. The molecule has 0 bridgehead atoms. The summed E-state index contributed by atoms with van der Waals surface area (Å²) in [5.74, 6) is -1.22. The first-order chi connectivity index (χ1) is 15.2. The van der Waals surface area contributed by atoms with E-state index in [-0.39, 0.29) is 17.4 Å². The lowest BCUT2D eigenvalue weighted by Gasteiger charge is -2.31. The summed E-state index contributed by atoms with van der Waals surface area (Å²) in [5.41, 5.74) is -0.290. The molecule has 0 saturated carbocycles. The van der Waals surface area contributed by atoms with Crippen molar-refractivity contribution < 1.29 is 22.3 Å². The van der Waals surface area contributed by atoms with Gasteiger partial charge in [0.25, 0.3) is 5.56 Å². The second-order valence-corrected chi connectivity index (χ2v) is 7.41. The van der Waals surface area contributed by atoms with Gasteiger partial charge in [0.05, 0.1) is 24.1 Å². The summed E-state index contributed by atoms with van der Waals surface area (Å²) in [6.07, 6.45) is -2.66. The Kier molecular flexibility index (Phi) is 5.76. The monoisotopic (exact) mass is 469 g/mol. The van der Waals surface area contributed by atoms with E-state index in [0.717, 1.165) is 12.1 Å². The highest BCUT2D eigenvalue weighted by Crippen LogP contribution is 2.40. The molecule has 0 radical (unpaired) electrons. The van der Waals surface area contributed by atoms with Gasteiger partial charge in [-0.2, -0.15) is 23.3 Å². The molecule has 168 valence electrons. The van der Waals surface area contributed by atoms with Crippen molar-refractivity contribution >= 4 is 17.3 Å². The van der Waals surface area contributed by atoms with Crippen molar-refractivity contribution in [3.63, 3.8) is 0 Å². The van der Waals surface area contributed by atoms with Crippen LogP contribution in [0.2, 0.25) is 5.02 Å². The largest absolute Gasteiger partial charge is 0.438 e. The number of aromatic amines is 1. The minimum absolute atomic E-state index is 0.0151. The van der Waals surface area contributed by atoms with Crippen molar-refractivity contribution in [3.8, 4) is 11.6 Å². The third kappa shape index (κ3) is 4.24. The molecule has 0 fully saturated rings. The molecule has 12 heteroatoms. The van der Waals surface area contributed by atoms with Crippen LogP contribution in [0.5, 0.6) is 11.6 Å². The summed E-state index contributed by atoms with van der Waals surface area (Å²) < 4.78 is 59.2. The van der Waals surface area contributed by atoms with Gasteiger partial charge in [-0.1, -0.05) is 18.5 Å². The summed E-state index contributed by atoms with van der Waals surface area (Å²) in [7, 11) is 0. The van der Waals surface area contributed by atoms with E-state index >= 15 is 0 Å². The Balaban J connectivity index is 1.73. The third-order valence-corrected chi connectivity index (χ3v) is 5.33. The fourth-order valence-corrected chi connectivity index (χ4v) is 3.62. The Morgan fingerprint density at radius 2 is 2.06 bits per heavy atom. The van der Waals surface area contributed by atoms with Crippen LogP contribution in [0.3, 0.4) is 0 Å². The highest BCUT2D eigenvalue weighted by atomic mass is 35.5. The molecule has 1 N–H and O–H groups in total. The van der Waals surface area contributed by atoms with E-state index in [9.17, 15) is 22.4 Å². The lowest BCUT2D eigenvalue weighted by Crippen LogP contribution is -2.33. The van der Waals surface area contributed by atoms with Crippen LogP contribution in [-0.4, -0.2) is 26.7 Å². The minimum Gasteiger partial charge on any atom is -0.438 e. The standard InChI is InChI=1S/C20H16ClF4N5O2/c1-2-16-27-13-9-30(14-8-26-29-18(31)17(14)21)6-5-11(13)19(28-16)32-15-4-3-10(22)7-12(15)20(23,24)25/h3-4,7-8H,2,5-6,9H2,1H3,(H,29,31). The maximum atomic E-state index is 13.4. The van der Waals surface area contributed by atoms with Gasteiger partial charge in [-0.3, -0.25) is 4.79 Å². The Morgan fingerprint density at radius 1 is 1.28 bits per heavy atom. The van der Waals surface area contributed by atoms with Crippen LogP contribution in [0.1, 0.15) is 29.6 Å². The number of benzene rings is 1. The van der Waals surface area contributed by atoms with Crippen molar-refractivity contribution in [2.45, 2.75) is 32.5 Å². The molecule has 3 aromatic rings. The van der Waals surface area contributed by atoms with Gasteiger partial charge in [0, 0.05) is 18.5 Å². The average Bonchev–Trinajstić information content (AvgIpc) is 2.75. The van der Waals surface area contributed by atoms with E-state index in [2.05, 4.69) is 20.2 Å². The summed E-state index contributed by atoms with van der Waals surface area (Å²) in [4.78, 5) is 22.3. The Bertz CT molecular complexity index is 1230. The van der Waals surface area contributed by atoms with Crippen LogP contribution in [0.15, 0.2) is 29.2 Å². The fraction of sp³-hybridized carbons (Fsp3) is 0.300. The second-order valence-electron chi connectivity index (χ2n) is 7.03. The number of anilines is 1. The van der Waals surface area contributed by atoms with Gasteiger partial charge < -0.3 is 9.64 Å². The number of hydrogen-bond acceptors (Lipinski definition) is 6. The molecule has 2 aromatic heterocycles. The summed E-state index contributed by atoms with van der Waals surface area (Å²) in [6.45, 7) is 2.39. The van der Waals surface area contributed by atoms with Crippen LogP contribution in [0.25, 0.3) is 0 Å². The zero-order valence-electron chi connectivity index (χ0n) is 16.6. The summed E-state index contributed by atoms with van der Waals surface area (Å²) >= 11 is 6.10. The molecule has 4 rings (SSSR count). The van der Waals surface area contributed by atoms with E-state index in [4.69, 9.17) is 16.3 Å².